The summed E-state index contributed by atoms with van der Waals surface area (Å²) in [5.74, 6) is -0.0454. The van der Waals surface area contributed by atoms with Gasteiger partial charge in [-0.3, -0.25) is 7.58 Å². The number of carbonyl (C=O) groups excluding carboxylic acids is 1. The number of nitrogens with zero attached hydrogens (tertiary/aromatic N) is 2. The van der Waals surface area contributed by atoms with Gasteiger partial charge in [-0.2, -0.15) is 0 Å². The number of aromatic hydroxyl groups is 1. The molecule has 2 heterocycles. The van der Waals surface area contributed by atoms with Gasteiger partial charge < -0.3 is 5.11 Å². The number of aliphatic imine (C=N–C) groups is 1. The van der Waals surface area contributed by atoms with E-state index in [4.69, 9.17) is 0 Å². The predicted molar refractivity (Wildman–Crippen MR) is 103 cm³/mol. The van der Waals surface area contributed by atoms with E-state index < -0.39 is 0 Å². The largest absolute Gasteiger partial charge is 0.505 e. The molecule has 108 valence electrons. The molecular formula is C16H8I2N2O2. The number of para-hydroxylation sites is 1. The van der Waals surface area contributed by atoms with E-state index in [-0.39, 0.29) is 11.5 Å². The standard InChI is InChI=1S/C16H8I2N2O2/c17-9-5-3-7-11-12(9)16(22)14(20(11)18)13-15(21)8-4-1-2-6-10(8)19-13/h1-7,22H. The van der Waals surface area contributed by atoms with Crippen molar-refractivity contribution in [1.82, 2.24) is 2.78 Å². The Morgan fingerprint density at radius 1 is 1.09 bits per heavy atom. The van der Waals surface area contributed by atoms with Crippen LogP contribution in [0.15, 0.2) is 47.5 Å². The molecule has 0 amide bonds. The van der Waals surface area contributed by atoms with E-state index >= 15 is 0 Å². The molecule has 0 saturated carbocycles. The molecule has 0 aliphatic carbocycles. The van der Waals surface area contributed by atoms with Crippen molar-refractivity contribution in [2.24, 2.45) is 4.99 Å². The molecule has 0 atom stereocenters. The monoisotopic (exact) mass is 514 g/mol. The quantitative estimate of drug-likeness (QED) is 0.488. The van der Waals surface area contributed by atoms with Crippen LogP contribution in [0.2, 0.25) is 0 Å². The molecule has 0 saturated heterocycles. The molecule has 0 radical (unpaired) electrons. The third kappa shape index (κ3) is 1.86. The van der Waals surface area contributed by atoms with Crippen molar-refractivity contribution in [3.8, 4) is 5.75 Å². The minimum absolute atomic E-state index is 0.106. The van der Waals surface area contributed by atoms with Gasteiger partial charge in [-0.1, -0.05) is 18.2 Å². The highest BCUT2D eigenvalue weighted by atomic mass is 127. The highest BCUT2D eigenvalue weighted by Gasteiger charge is 2.31. The van der Waals surface area contributed by atoms with Crippen LogP contribution in [0.1, 0.15) is 16.1 Å². The number of rotatable bonds is 1. The second kappa shape index (κ2) is 5.05. The van der Waals surface area contributed by atoms with Crippen LogP contribution >= 0.6 is 45.5 Å². The predicted octanol–water partition coefficient (Wildman–Crippen LogP) is 4.47. The molecule has 4 rings (SSSR count). The third-order valence-corrected chi connectivity index (χ3v) is 5.58. The van der Waals surface area contributed by atoms with Gasteiger partial charge in [0, 0.05) is 9.13 Å². The van der Waals surface area contributed by atoms with E-state index in [0.29, 0.717) is 22.7 Å². The maximum absolute atomic E-state index is 12.6. The summed E-state index contributed by atoms with van der Waals surface area (Å²) in [6, 6.07) is 13.0. The molecule has 0 unspecified atom stereocenters. The zero-order chi connectivity index (χ0) is 15.4. The summed E-state index contributed by atoms with van der Waals surface area (Å²) in [7, 11) is 0. The van der Waals surface area contributed by atoms with Crippen molar-refractivity contribution in [3.05, 3.63) is 57.3 Å². The number of hydrogen-bond acceptors (Lipinski definition) is 3. The minimum atomic E-state index is -0.151. The van der Waals surface area contributed by atoms with Gasteiger partial charge in [0.1, 0.15) is 11.4 Å². The minimum Gasteiger partial charge on any atom is -0.505 e. The van der Waals surface area contributed by atoms with Crippen molar-refractivity contribution in [2.45, 2.75) is 0 Å². The molecule has 0 spiro atoms. The fourth-order valence-corrected chi connectivity index (χ4v) is 4.27. The molecule has 1 aliphatic heterocycles. The topological polar surface area (TPSA) is 54.6 Å². The van der Waals surface area contributed by atoms with Gasteiger partial charge in [-0.05, 0) is 46.9 Å². The summed E-state index contributed by atoms with van der Waals surface area (Å²) in [5, 5.41) is 11.4. The Balaban J connectivity index is 2.02. The van der Waals surface area contributed by atoms with Crippen LogP contribution in [0.25, 0.3) is 10.9 Å². The molecule has 3 aromatic rings. The van der Waals surface area contributed by atoms with Crippen molar-refractivity contribution in [2.75, 3.05) is 0 Å². The Hall–Kier alpha value is -1.42. The number of ketones is 1. The number of aromatic nitrogens is 1. The van der Waals surface area contributed by atoms with E-state index in [1.807, 2.05) is 30.3 Å². The van der Waals surface area contributed by atoms with Gasteiger partial charge in [0.05, 0.1) is 39.5 Å². The first kappa shape index (κ1) is 14.2. The fraction of sp³-hybridized carbons (Fsp3) is 0. The van der Waals surface area contributed by atoms with Crippen molar-refractivity contribution in [1.29, 1.82) is 0 Å². The number of hydrogen-bond donors (Lipinski definition) is 1. The Bertz CT molecular complexity index is 989. The molecular weight excluding hydrogens is 506 g/mol. The van der Waals surface area contributed by atoms with Gasteiger partial charge in [-0.15, -0.1) is 0 Å². The lowest BCUT2D eigenvalue weighted by Gasteiger charge is -2.01. The molecule has 1 aliphatic rings. The first-order chi connectivity index (χ1) is 10.6. The fourth-order valence-electron chi connectivity index (χ4n) is 2.67. The third-order valence-electron chi connectivity index (χ3n) is 3.68. The Labute approximate surface area is 153 Å². The second-order valence-electron chi connectivity index (χ2n) is 4.92. The van der Waals surface area contributed by atoms with Crippen LogP contribution < -0.4 is 0 Å². The van der Waals surface area contributed by atoms with Crippen LogP contribution in [-0.4, -0.2) is 19.4 Å². The maximum Gasteiger partial charge on any atom is 0.215 e. The second-order valence-corrected chi connectivity index (χ2v) is 7.05. The van der Waals surface area contributed by atoms with Gasteiger partial charge in [0.25, 0.3) is 0 Å². The van der Waals surface area contributed by atoms with Gasteiger partial charge in [-0.25, -0.2) is 4.99 Å². The van der Waals surface area contributed by atoms with E-state index in [0.717, 1.165) is 14.5 Å². The lowest BCUT2D eigenvalue weighted by Crippen LogP contribution is -2.13. The van der Waals surface area contributed by atoms with E-state index in [1.165, 1.54) is 0 Å². The highest BCUT2D eigenvalue weighted by molar-refractivity contribution is 14.1. The lowest BCUT2D eigenvalue weighted by molar-refractivity contribution is 0.106. The summed E-state index contributed by atoms with van der Waals surface area (Å²) in [4.78, 5) is 17.0. The molecule has 22 heavy (non-hydrogen) atoms. The first-order valence-corrected chi connectivity index (χ1v) is 8.55. The molecule has 0 bridgehead atoms. The van der Waals surface area contributed by atoms with E-state index in [9.17, 15) is 9.90 Å². The van der Waals surface area contributed by atoms with Crippen molar-refractivity contribution < 1.29 is 9.90 Å². The van der Waals surface area contributed by atoms with Crippen molar-refractivity contribution >= 4 is 73.5 Å². The normalized spacial score (nSPS) is 13.5. The molecule has 6 heteroatoms. The highest BCUT2D eigenvalue weighted by Crippen LogP contribution is 2.40. The Morgan fingerprint density at radius 2 is 1.86 bits per heavy atom. The average molecular weight is 514 g/mol. The van der Waals surface area contributed by atoms with E-state index in [1.54, 1.807) is 14.9 Å². The van der Waals surface area contributed by atoms with Crippen LogP contribution in [0.4, 0.5) is 5.69 Å². The smallest absolute Gasteiger partial charge is 0.215 e. The van der Waals surface area contributed by atoms with Crippen LogP contribution in [0, 0.1) is 3.57 Å². The Kier molecular flexibility index (Phi) is 3.26. The summed E-state index contributed by atoms with van der Waals surface area (Å²) in [6.45, 7) is 0. The molecule has 2 aromatic carbocycles. The van der Waals surface area contributed by atoms with Crippen LogP contribution in [0.3, 0.4) is 0 Å². The van der Waals surface area contributed by atoms with E-state index in [2.05, 4.69) is 50.4 Å². The van der Waals surface area contributed by atoms with Crippen LogP contribution in [-0.2, 0) is 0 Å². The van der Waals surface area contributed by atoms with Gasteiger partial charge in [0.2, 0.25) is 5.78 Å². The Morgan fingerprint density at radius 3 is 2.59 bits per heavy atom. The lowest BCUT2D eigenvalue weighted by atomic mass is 10.1. The van der Waals surface area contributed by atoms with Gasteiger partial charge in [0.15, 0.2) is 5.75 Å². The number of carbonyl (C=O) groups is 1. The summed E-state index contributed by atoms with van der Waals surface area (Å²) >= 11 is 4.28. The maximum atomic E-state index is 12.6. The zero-order valence-electron chi connectivity index (χ0n) is 11.0. The van der Waals surface area contributed by atoms with Crippen LogP contribution in [0.5, 0.6) is 5.75 Å². The summed E-state index contributed by atoms with van der Waals surface area (Å²) in [5.41, 5.74) is 2.85. The number of halogens is 2. The number of benzene rings is 2. The first-order valence-electron chi connectivity index (χ1n) is 6.50. The zero-order valence-corrected chi connectivity index (χ0v) is 15.4. The van der Waals surface area contributed by atoms with Gasteiger partial charge >= 0.3 is 0 Å². The SMILES string of the molecule is O=C1C(c2c(O)c3c(I)cccc3n2I)=Nc2ccccc21. The summed E-state index contributed by atoms with van der Waals surface area (Å²) in [6.07, 6.45) is 0. The molecule has 1 aromatic heterocycles. The van der Waals surface area contributed by atoms with Crippen molar-refractivity contribution in [3.63, 3.8) is 0 Å². The average Bonchev–Trinajstić information content (AvgIpc) is 2.96. The summed E-state index contributed by atoms with van der Waals surface area (Å²) < 4.78 is 2.74. The molecule has 4 nitrogen and oxygen atoms in total. The molecule has 1 N–H and O–H groups in total. The molecule has 0 fully saturated rings. The number of Topliss-reactive ketones (excluding diaryl/α,β-unsaturated/α-hetero) is 1. The number of fused-ring (bicyclic) bond motifs is 2.